The normalized spacial score (nSPS) is 10.3. The Morgan fingerprint density at radius 3 is 2.50 bits per heavy atom. The second-order valence-corrected chi connectivity index (χ2v) is 6.36. The van der Waals surface area contributed by atoms with E-state index in [1.165, 1.54) is 12.1 Å². The van der Waals surface area contributed by atoms with E-state index in [9.17, 15) is 9.59 Å². The fraction of sp³-hybridized carbons (Fsp3) is 0.105. The lowest BCUT2D eigenvalue weighted by Gasteiger charge is -2.10. The second kappa shape index (κ2) is 8.26. The first kappa shape index (κ1) is 17.6. The number of nitrogens with one attached hydrogen (secondary N) is 2. The van der Waals surface area contributed by atoms with Crippen LogP contribution in [0.15, 0.2) is 59.6 Å². The van der Waals surface area contributed by atoms with Crippen LogP contribution < -0.4 is 10.6 Å². The van der Waals surface area contributed by atoms with Crippen molar-refractivity contribution in [3.63, 3.8) is 0 Å². The summed E-state index contributed by atoms with van der Waals surface area (Å²) in [6, 6.07) is 10.1. The molecule has 0 bridgehead atoms. The van der Waals surface area contributed by atoms with Crippen LogP contribution in [0.1, 0.15) is 21.5 Å². The maximum Gasteiger partial charge on any atom is 0.335 e. The van der Waals surface area contributed by atoms with Crippen LogP contribution in [-0.2, 0) is 13.1 Å². The quantitative estimate of drug-likeness (QED) is 0.622. The van der Waals surface area contributed by atoms with Crippen molar-refractivity contribution in [2.24, 2.45) is 0 Å². The third-order valence-corrected chi connectivity index (χ3v) is 4.51. The summed E-state index contributed by atoms with van der Waals surface area (Å²) in [6.45, 7) is 0.680. The van der Waals surface area contributed by atoms with Crippen molar-refractivity contribution in [1.82, 2.24) is 15.6 Å². The molecule has 7 heteroatoms. The summed E-state index contributed by atoms with van der Waals surface area (Å²) in [7, 11) is 0. The number of amides is 2. The number of carboxylic acids is 1. The third-order valence-electron chi connectivity index (χ3n) is 3.83. The zero-order chi connectivity index (χ0) is 18.4. The standard InChI is InChI=1S/C19H17N3O3S/c23-18(24)14-3-1-13(2-4-14)9-21-19(25)22-11-16-10-20-7-5-17(16)15-6-8-26-12-15/h1-8,10,12H,9,11H2,(H,23,24)(H2,21,22,25). The molecular formula is C19H17N3O3S. The van der Waals surface area contributed by atoms with Crippen molar-refractivity contribution in [2.75, 3.05) is 0 Å². The highest BCUT2D eigenvalue weighted by Gasteiger charge is 2.08. The van der Waals surface area contributed by atoms with Gasteiger partial charge in [0.2, 0.25) is 0 Å². The summed E-state index contributed by atoms with van der Waals surface area (Å²) >= 11 is 1.62. The van der Waals surface area contributed by atoms with E-state index in [-0.39, 0.29) is 11.6 Å². The maximum atomic E-state index is 12.0. The van der Waals surface area contributed by atoms with E-state index in [4.69, 9.17) is 5.11 Å². The topological polar surface area (TPSA) is 91.3 Å². The van der Waals surface area contributed by atoms with Crippen LogP contribution in [0.4, 0.5) is 4.79 Å². The smallest absolute Gasteiger partial charge is 0.335 e. The van der Waals surface area contributed by atoms with Crippen LogP contribution in [0, 0.1) is 0 Å². The number of carbonyl (C=O) groups excluding carboxylic acids is 1. The fourth-order valence-electron chi connectivity index (χ4n) is 2.45. The van der Waals surface area contributed by atoms with Crippen molar-refractivity contribution in [1.29, 1.82) is 0 Å². The van der Waals surface area contributed by atoms with Gasteiger partial charge in [0.15, 0.2) is 0 Å². The van der Waals surface area contributed by atoms with E-state index in [0.29, 0.717) is 13.1 Å². The first-order valence-electron chi connectivity index (χ1n) is 7.93. The summed E-state index contributed by atoms with van der Waals surface area (Å²) in [6.07, 6.45) is 3.48. The van der Waals surface area contributed by atoms with Crippen molar-refractivity contribution in [3.05, 3.63) is 76.2 Å². The monoisotopic (exact) mass is 367 g/mol. The van der Waals surface area contributed by atoms with E-state index < -0.39 is 5.97 Å². The van der Waals surface area contributed by atoms with E-state index in [2.05, 4.69) is 21.0 Å². The molecule has 0 spiro atoms. The van der Waals surface area contributed by atoms with E-state index >= 15 is 0 Å². The molecule has 2 heterocycles. The minimum absolute atomic E-state index is 0.218. The molecule has 0 aliphatic rings. The highest BCUT2D eigenvalue weighted by molar-refractivity contribution is 7.08. The lowest BCUT2D eigenvalue weighted by molar-refractivity contribution is 0.0697. The molecule has 0 aliphatic heterocycles. The first-order chi connectivity index (χ1) is 12.6. The molecule has 0 unspecified atom stereocenters. The molecule has 3 aromatic rings. The molecule has 0 atom stereocenters. The minimum atomic E-state index is -0.972. The number of thiophene rings is 1. The van der Waals surface area contributed by atoms with Gasteiger partial charge in [-0.2, -0.15) is 11.3 Å². The zero-order valence-corrected chi connectivity index (χ0v) is 14.6. The predicted octanol–water partition coefficient (Wildman–Crippen LogP) is 3.51. The van der Waals surface area contributed by atoms with Gasteiger partial charge >= 0.3 is 12.0 Å². The number of pyridine rings is 1. The van der Waals surface area contributed by atoms with Gasteiger partial charge in [-0.15, -0.1) is 0 Å². The zero-order valence-electron chi connectivity index (χ0n) is 13.8. The number of hydrogen-bond acceptors (Lipinski definition) is 4. The van der Waals surface area contributed by atoms with Gasteiger partial charge in [-0.05, 0) is 57.3 Å². The van der Waals surface area contributed by atoms with Crippen LogP contribution in [0.25, 0.3) is 11.1 Å². The Bertz CT molecular complexity index is 893. The molecule has 0 saturated heterocycles. The molecule has 2 amide bonds. The van der Waals surface area contributed by atoms with Gasteiger partial charge in [-0.1, -0.05) is 12.1 Å². The molecular weight excluding hydrogens is 350 g/mol. The van der Waals surface area contributed by atoms with Crippen LogP contribution in [-0.4, -0.2) is 22.1 Å². The Kier molecular flexibility index (Phi) is 5.60. The van der Waals surface area contributed by atoms with E-state index in [0.717, 1.165) is 22.3 Å². The van der Waals surface area contributed by atoms with Crippen molar-refractivity contribution in [2.45, 2.75) is 13.1 Å². The predicted molar refractivity (Wildman–Crippen MR) is 100 cm³/mol. The van der Waals surface area contributed by atoms with Crippen molar-refractivity contribution >= 4 is 23.3 Å². The summed E-state index contributed by atoms with van der Waals surface area (Å²) in [5, 5.41) is 18.5. The summed E-state index contributed by atoms with van der Waals surface area (Å²) in [4.78, 5) is 27.0. The molecule has 1 aromatic carbocycles. The highest BCUT2D eigenvalue weighted by Crippen LogP contribution is 2.24. The van der Waals surface area contributed by atoms with Gasteiger partial charge in [0.25, 0.3) is 0 Å². The molecule has 3 rings (SSSR count). The Hall–Kier alpha value is -3.19. The number of hydrogen-bond donors (Lipinski definition) is 3. The lowest BCUT2D eigenvalue weighted by Crippen LogP contribution is -2.34. The lowest BCUT2D eigenvalue weighted by atomic mass is 10.1. The molecule has 3 N–H and O–H groups in total. The van der Waals surface area contributed by atoms with E-state index in [1.807, 2.05) is 17.5 Å². The summed E-state index contributed by atoms with van der Waals surface area (Å²) < 4.78 is 0. The molecule has 6 nitrogen and oxygen atoms in total. The average molecular weight is 367 g/mol. The van der Waals surface area contributed by atoms with Crippen LogP contribution in [0.3, 0.4) is 0 Å². The van der Waals surface area contributed by atoms with Gasteiger partial charge in [0, 0.05) is 25.5 Å². The Labute approximate surface area is 154 Å². The molecule has 2 aromatic heterocycles. The van der Waals surface area contributed by atoms with Gasteiger partial charge in [0.1, 0.15) is 0 Å². The number of carboxylic acid groups (broad SMARTS) is 1. The number of carbonyl (C=O) groups is 2. The largest absolute Gasteiger partial charge is 0.478 e. The van der Waals surface area contributed by atoms with Crippen LogP contribution >= 0.6 is 11.3 Å². The summed E-state index contributed by atoms with van der Waals surface area (Å²) in [5.41, 5.74) is 4.13. The van der Waals surface area contributed by atoms with Crippen molar-refractivity contribution < 1.29 is 14.7 Å². The second-order valence-electron chi connectivity index (χ2n) is 5.58. The van der Waals surface area contributed by atoms with Gasteiger partial charge in [-0.3, -0.25) is 4.98 Å². The van der Waals surface area contributed by atoms with Gasteiger partial charge in [0.05, 0.1) is 5.56 Å². The third kappa shape index (κ3) is 4.46. The fourth-order valence-corrected chi connectivity index (χ4v) is 3.11. The summed E-state index contributed by atoms with van der Waals surface area (Å²) in [5.74, 6) is -0.972. The molecule has 0 fully saturated rings. The average Bonchev–Trinajstić information content (AvgIpc) is 3.20. The SMILES string of the molecule is O=C(NCc1ccc(C(=O)O)cc1)NCc1cnccc1-c1ccsc1. The Balaban J connectivity index is 1.54. The number of rotatable bonds is 6. The molecule has 26 heavy (non-hydrogen) atoms. The van der Waals surface area contributed by atoms with Crippen LogP contribution in [0.5, 0.6) is 0 Å². The number of aromatic carboxylic acids is 1. The number of nitrogens with zero attached hydrogens (tertiary/aromatic N) is 1. The minimum Gasteiger partial charge on any atom is -0.478 e. The first-order valence-corrected chi connectivity index (χ1v) is 8.87. The van der Waals surface area contributed by atoms with Crippen LogP contribution in [0.2, 0.25) is 0 Å². The Morgan fingerprint density at radius 1 is 1.04 bits per heavy atom. The molecule has 132 valence electrons. The molecule has 0 saturated carbocycles. The number of benzene rings is 1. The number of aromatic nitrogens is 1. The van der Waals surface area contributed by atoms with Crippen molar-refractivity contribution in [3.8, 4) is 11.1 Å². The molecule has 0 radical (unpaired) electrons. The van der Waals surface area contributed by atoms with Gasteiger partial charge < -0.3 is 15.7 Å². The number of urea groups is 1. The highest BCUT2D eigenvalue weighted by atomic mass is 32.1. The maximum absolute atomic E-state index is 12.0. The molecule has 0 aliphatic carbocycles. The van der Waals surface area contributed by atoms with E-state index in [1.54, 1.807) is 35.9 Å². The Morgan fingerprint density at radius 2 is 1.81 bits per heavy atom. The van der Waals surface area contributed by atoms with Gasteiger partial charge in [-0.25, -0.2) is 9.59 Å².